The third-order valence-electron chi connectivity index (χ3n) is 5.09. The second kappa shape index (κ2) is 12.0. The van der Waals surface area contributed by atoms with E-state index >= 15 is 0 Å². The highest BCUT2D eigenvalue weighted by atomic mass is 79.9. The number of anilines is 1. The first-order chi connectivity index (χ1) is 17.3. The zero-order valence-electron chi connectivity index (χ0n) is 19.0. The monoisotopic (exact) mass is 602 g/mol. The molecule has 1 aliphatic heterocycles. The number of thioether (sulfide) groups is 2. The highest BCUT2D eigenvalue weighted by molar-refractivity contribution is 9.10. The number of nitrogens with one attached hydrogen (secondary N) is 1. The van der Waals surface area contributed by atoms with Gasteiger partial charge in [0.2, 0.25) is 5.91 Å². The molecule has 1 aliphatic rings. The third-order valence-corrected chi connectivity index (χ3v) is 7.59. The van der Waals surface area contributed by atoms with E-state index in [9.17, 15) is 14.4 Å². The molecule has 0 aliphatic carbocycles. The minimum atomic E-state index is -0.503. The topological polar surface area (TPSA) is 75.7 Å². The van der Waals surface area contributed by atoms with Crippen LogP contribution in [0.3, 0.4) is 0 Å². The Morgan fingerprint density at radius 2 is 1.92 bits per heavy atom. The minimum absolute atomic E-state index is 0.249. The number of imide groups is 1. The second-order valence-electron chi connectivity index (χ2n) is 7.65. The summed E-state index contributed by atoms with van der Waals surface area (Å²) in [5, 5.41) is 2.91. The maximum Gasteiger partial charge on any atom is 0.294 e. The van der Waals surface area contributed by atoms with E-state index in [1.54, 1.807) is 54.2 Å². The molecule has 3 aromatic rings. The normalized spacial score (nSPS) is 14.4. The molecule has 0 unspecified atom stereocenters. The third kappa shape index (κ3) is 6.73. The van der Waals surface area contributed by atoms with Crippen LogP contribution in [0.5, 0.6) is 5.75 Å². The predicted octanol–water partition coefficient (Wildman–Crippen LogP) is 7.08. The van der Waals surface area contributed by atoms with Crippen molar-refractivity contribution in [3.05, 3.63) is 92.3 Å². The Labute approximate surface area is 230 Å². The van der Waals surface area contributed by atoms with Crippen molar-refractivity contribution >= 4 is 79.9 Å². The molecule has 3 aromatic carbocycles. The van der Waals surface area contributed by atoms with Crippen LogP contribution in [-0.2, 0) is 16.2 Å². The van der Waals surface area contributed by atoms with E-state index in [2.05, 4.69) is 21.2 Å². The maximum absolute atomic E-state index is 12.8. The van der Waals surface area contributed by atoms with Crippen LogP contribution in [0.2, 0.25) is 5.02 Å². The molecule has 1 saturated heterocycles. The number of rotatable bonds is 8. The van der Waals surface area contributed by atoms with E-state index in [0.717, 1.165) is 27.1 Å². The van der Waals surface area contributed by atoms with Crippen LogP contribution >= 0.6 is 51.1 Å². The zero-order valence-corrected chi connectivity index (χ0v) is 23.0. The zero-order chi connectivity index (χ0) is 25.7. The first-order valence-corrected chi connectivity index (χ1v) is 13.9. The Kier molecular flexibility index (Phi) is 8.79. The van der Waals surface area contributed by atoms with Crippen LogP contribution < -0.4 is 10.1 Å². The van der Waals surface area contributed by atoms with Crippen molar-refractivity contribution in [1.29, 1.82) is 0 Å². The first-order valence-electron chi connectivity index (χ1n) is 10.7. The molecule has 4 rings (SSSR count). The van der Waals surface area contributed by atoms with Crippen molar-refractivity contribution in [3.8, 4) is 5.75 Å². The highest BCUT2D eigenvalue weighted by Crippen LogP contribution is 2.34. The van der Waals surface area contributed by atoms with E-state index in [-0.39, 0.29) is 11.4 Å². The summed E-state index contributed by atoms with van der Waals surface area (Å²) in [6.07, 6.45) is 3.56. The molecule has 0 atom stereocenters. The van der Waals surface area contributed by atoms with E-state index in [1.165, 1.54) is 0 Å². The summed E-state index contributed by atoms with van der Waals surface area (Å²) in [5.41, 5.74) is 2.30. The molecular weight excluding hydrogens is 584 g/mol. The number of amides is 3. The highest BCUT2D eigenvalue weighted by Gasteiger charge is 2.36. The molecule has 1 N–H and O–H groups in total. The lowest BCUT2D eigenvalue weighted by Gasteiger charge is -2.13. The van der Waals surface area contributed by atoms with Crippen LogP contribution in [-0.4, -0.2) is 34.8 Å². The number of hydrogen-bond acceptors (Lipinski definition) is 6. The minimum Gasteiger partial charge on any atom is -0.488 e. The predicted molar refractivity (Wildman–Crippen MR) is 149 cm³/mol. The summed E-state index contributed by atoms with van der Waals surface area (Å²) in [7, 11) is 0. The van der Waals surface area contributed by atoms with Gasteiger partial charge in [-0.05, 0) is 93.6 Å². The summed E-state index contributed by atoms with van der Waals surface area (Å²) < 4.78 is 6.56. The van der Waals surface area contributed by atoms with Gasteiger partial charge in [-0.15, -0.1) is 11.8 Å². The van der Waals surface area contributed by atoms with Gasteiger partial charge in [0.25, 0.3) is 11.1 Å². The summed E-state index contributed by atoms with van der Waals surface area (Å²) in [4.78, 5) is 39.9. The fourth-order valence-electron chi connectivity index (χ4n) is 3.30. The van der Waals surface area contributed by atoms with Gasteiger partial charge in [-0.2, -0.15) is 0 Å². The van der Waals surface area contributed by atoms with E-state index in [1.807, 2.05) is 36.6 Å². The Balaban J connectivity index is 1.39. The SMILES string of the molecule is CSc1cccc(NC(=O)CN2C(=O)S/C(=C/c3ccc(OCc4ccc(Cl)cc4)c(Br)c3)C2=O)c1. The lowest BCUT2D eigenvalue weighted by atomic mass is 10.2. The molecule has 0 saturated carbocycles. The first kappa shape index (κ1) is 26.3. The summed E-state index contributed by atoms with van der Waals surface area (Å²) in [6, 6.07) is 20.1. The molecular formula is C26H20BrClN2O4S2. The van der Waals surface area contributed by atoms with Gasteiger partial charge in [0.15, 0.2) is 0 Å². The number of halogens is 2. The van der Waals surface area contributed by atoms with E-state index in [4.69, 9.17) is 16.3 Å². The number of nitrogens with zero attached hydrogens (tertiary/aromatic N) is 1. The second-order valence-corrected chi connectivity index (χ2v) is 10.8. The molecule has 184 valence electrons. The van der Waals surface area contributed by atoms with Gasteiger partial charge in [-0.1, -0.05) is 35.9 Å². The van der Waals surface area contributed by atoms with Crippen LogP contribution in [0.1, 0.15) is 11.1 Å². The molecule has 1 heterocycles. The molecule has 0 aromatic heterocycles. The average molecular weight is 604 g/mol. The largest absolute Gasteiger partial charge is 0.488 e. The molecule has 6 nitrogen and oxygen atoms in total. The number of carbonyl (C=O) groups excluding carboxylic acids is 3. The summed E-state index contributed by atoms with van der Waals surface area (Å²) in [5.74, 6) is -0.309. The van der Waals surface area contributed by atoms with Gasteiger partial charge >= 0.3 is 0 Å². The molecule has 36 heavy (non-hydrogen) atoms. The fourth-order valence-corrected chi connectivity index (χ4v) is 5.23. The smallest absolute Gasteiger partial charge is 0.294 e. The molecule has 0 spiro atoms. The lowest BCUT2D eigenvalue weighted by molar-refractivity contribution is -0.127. The fraction of sp³-hybridized carbons (Fsp3) is 0.115. The Bertz CT molecular complexity index is 1350. The molecule has 10 heteroatoms. The number of hydrogen-bond donors (Lipinski definition) is 1. The van der Waals surface area contributed by atoms with Crippen LogP contribution in [0.25, 0.3) is 6.08 Å². The van der Waals surface area contributed by atoms with Gasteiger partial charge < -0.3 is 10.1 Å². The van der Waals surface area contributed by atoms with Crippen molar-refractivity contribution in [3.63, 3.8) is 0 Å². The summed E-state index contributed by atoms with van der Waals surface area (Å²) >= 11 is 11.8. The lowest BCUT2D eigenvalue weighted by Crippen LogP contribution is -2.36. The Morgan fingerprint density at radius 3 is 2.64 bits per heavy atom. The quantitative estimate of drug-likeness (QED) is 0.219. The van der Waals surface area contributed by atoms with Gasteiger partial charge in [0.05, 0.1) is 9.38 Å². The molecule has 0 radical (unpaired) electrons. The van der Waals surface area contributed by atoms with Crippen molar-refractivity contribution in [2.75, 3.05) is 18.1 Å². The van der Waals surface area contributed by atoms with Crippen LogP contribution in [0.4, 0.5) is 10.5 Å². The number of ether oxygens (including phenoxy) is 1. The molecule has 1 fully saturated rings. The molecule has 0 bridgehead atoms. The van der Waals surface area contributed by atoms with Crippen LogP contribution in [0.15, 0.2) is 81.0 Å². The Hall–Kier alpha value is -2.72. The van der Waals surface area contributed by atoms with Crippen molar-refractivity contribution in [2.24, 2.45) is 0 Å². The standard InChI is InChI=1S/C26H20BrClN2O4S2/c1-35-20-4-2-3-19(13-20)29-24(31)14-30-25(32)23(36-26(30)33)12-17-7-10-22(21(27)11-17)34-15-16-5-8-18(28)9-6-16/h2-13H,14-15H2,1H3,(H,29,31)/b23-12+. The maximum atomic E-state index is 12.8. The molecule has 3 amide bonds. The van der Waals surface area contributed by atoms with Gasteiger partial charge in [0.1, 0.15) is 18.9 Å². The van der Waals surface area contributed by atoms with Gasteiger partial charge in [-0.25, -0.2) is 0 Å². The van der Waals surface area contributed by atoms with Crippen molar-refractivity contribution < 1.29 is 19.1 Å². The average Bonchev–Trinajstić information content (AvgIpc) is 3.11. The van der Waals surface area contributed by atoms with E-state index < -0.39 is 17.1 Å². The van der Waals surface area contributed by atoms with Crippen molar-refractivity contribution in [1.82, 2.24) is 4.90 Å². The number of benzene rings is 3. The van der Waals surface area contributed by atoms with Crippen LogP contribution in [0, 0.1) is 0 Å². The van der Waals surface area contributed by atoms with Gasteiger partial charge in [-0.3, -0.25) is 19.3 Å². The van der Waals surface area contributed by atoms with Crippen molar-refractivity contribution in [2.45, 2.75) is 11.5 Å². The van der Waals surface area contributed by atoms with Gasteiger partial charge in [0, 0.05) is 15.6 Å². The number of carbonyl (C=O) groups is 3. The summed E-state index contributed by atoms with van der Waals surface area (Å²) in [6.45, 7) is 0.0182. The Morgan fingerprint density at radius 1 is 1.14 bits per heavy atom. The van der Waals surface area contributed by atoms with E-state index in [0.29, 0.717) is 33.1 Å².